The lowest BCUT2D eigenvalue weighted by Gasteiger charge is -2.28. The number of fused-ring (bicyclic) bond motifs is 1. The summed E-state index contributed by atoms with van der Waals surface area (Å²) < 4.78 is 16.6. The molecule has 0 spiro atoms. The summed E-state index contributed by atoms with van der Waals surface area (Å²) in [6, 6.07) is 13.4. The Labute approximate surface area is 209 Å². The monoisotopic (exact) mass is 485 g/mol. The number of benzene rings is 2. The van der Waals surface area contributed by atoms with E-state index in [-0.39, 0.29) is 40.8 Å². The SMILES string of the molecule is COC(=O)c1ccc2c(c1)C(=O)C(Cc1ccncc1)(c1ccc(OC)c(OC3CCCC3)c1)C2=O. The zero-order valence-corrected chi connectivity index (χ0v) is 20.3. The second kappa shape index (κ2) is 9.57. The molecule has 1 aromatic heterocycles. The maximum absolute atomic E-state index is 14.1. The lowest BCUT2D eigenvalue weighted by atomic mass is 9.71. The summed E-state index contributed by atoms with van der Waals surface area (Å²) >= 11 is 0. The minimum absolute atomic E-state index is 0.0695. The molecule has 7 heteroatoms. The van der Waals surface area contributed by atoms with Crippen LogP contribution in [0.1, 0.15) is 67.9 Å². The van der Waals surface area contributed by atoms with Crippen LogP contribution in [0.5, 0.6) is 11.5 Å². The number of methoxy groups -OCH3 is 2. The zero-order chi connectivity index (χ0) is 25.3. The van der Waals surface area contributed by atoms with Crippen molar-refractivity contribution >= 4 is 17.5 Å². The van der Waals surface area contributed by atoms with Gasteiger partial charge in [0.15, 0.2) is 23.1 Å². The number of carbonyl (C=O) groups is 3. The lowest BCUT2D eigenvalue weighted by molar-refractivity contribution is 0.0600. The number of esters is 1. The molecule has 1 saturated carbocycles. The molecule has 1 heterocycles. The quantitative estimate of drug-likeness (QED) is 0.352. The van der Waals surface area contributed by atoms with Crippen LogP contribution in [0.4, 0.5) is 0 Å². The number of ketones is 2. The summed E-state index contributed by atoms with van der Waals surface area (Å²) in [5.74, 6) is -0.174. The maximum atomic E-state index is 14.1. The van der Waals surface area contributed by atoms with Crippen LogP contribution in [0.3, 0.4) is 0 Å². The standard InChI is InChI=1S/C29H27NO6/c1-34-24-10-8-20(16-25(24)36-21-5-3-4-6-21)29(17-18-11-13-30-14-12-18)26(31)22-9-7-19(28(33)35-2)15-23(22)27(29)32/h7-16,21H,3-6,17H2,1-2H3. The lowest BCUT2D eigenvalue weighted by Crippen LogP contribution is -2.40. The first kappa shape index (κ1) is 23.7. The molecule has 1 atom stereocenters. The van der Waals surface area contributed by atoms with Gasteiger partial charge >= 0.3 is 5.97 Å². The number of nitrogens with zero attached hydrogens (tertiary/aromatic N) is 1. The molecule has 184 valence electrons. The van der Waals surface area contributed by atoms with E-state index < -0.39 is 11.4 Å². The molecule has 1 fully saturated rings. The van der Waals surface area contributed by atoms with Crippen molar-refractivity contribution in [3.63, 3.8) is 0 Å². The first-order valence-corrected chi connectivity index (χ1v) is 12.0. The highest BCUT2D eigenvalue weighted by Crippen LogP contribution is 2.45. The molecule has 0 radical (unpaired) electrons. The minimum atomic E-state index is -1.52. The Morgan fingerprint density at radius 3 is 2.33 bits per heavy atom. The first-order valence-electron chi connectivity index (χ1n) is 12.0. The van der Waals surface area contributed by atoms with Gasteiger partial charge in [-0.25, -0.2) is 4.79 Å². The number of hydrogen-bond donors (Lipinski definition) is 0. The highest BCUT2D eigenvalue weighted by Gasteiger charge is 2.54. The Bertz CT molecular complexity index is 1330. The predicted molar refractivity (Wildman–Crippen MR) is 132 cm³/mol. The van der Waals surface area contributed by atoms with Gasteiger partial charge in [-0.2, -0.15) is 0 Å². The Morgan fingerprint density at radius 1 is 0.917 bits per heavy atom. The average molecular weight is 486 g/mol. The van der Waals surface area contributed by atoms with Crippen molar-refractivity contribution in [1.82, 2.24) is 4.98 Å². The minimum Gasteiger partial charge on any atom is -0.493 e. The summed E-state index contributed by atoms with van der Waals surface area (Å²) in [7, 11) is 2.85. The number of carbonyl (C=O) groups excluding carboxylic acids is 3. The highest BCUT2D eigenvalue weighted by atomic mass is 16.5. The van der Waals surface area contributed by atoms with Crippen LogP contribution in [0, 0.1) is 0 Å². The van der Waals surface area contributed by atoms with Crippen LogP contribution in [0.15, 0.2) is 60.9 Å². The fourth-order valence-electron chi connectivity index (χ4n) is 5.29. The molecule has 0 aliphatic heterocycles. The fraction of sp³-hybridized carbons (Fsp3) is 0.310. The largest absolute Gasteiger partial charge is 0.493 e. The second-order valence-electron chi connectivity index (χ2n) is 9.24. The Kier molecular flexibility index (Phi) is 6.31. The van der Waals surface area contributed by atoms with Gasteiger partial charge in [-0.05, 0) is 85.7 Å². The van der Waals surface area contributed by atoms with Crippen molar-refractivity contribution in [2.24, 2.45) is 0 Å². The molecule has 5 rings (SSSR count). The van der Waals surface area contributed by atoms with Crippen LogP contribution < -0.4 is 9.47 Å². The number of aromatic nitrogens is 1. The molecular formula is C29H27NO6. The van der Waals surface area contributed by atoms with Gasteiger partial charge in [-0.15, -0.1) is 0 Å². The van der Waals surface area contributed by atoms with Gasteiger partial charge in [0.1, 0.15) is 5.41 Å². The summed E-state index contributed by atoms with van der Waals surface area (Å²) in [6.07, 6.45) is 7.60. The summed E-state index contributed by atoms with van der Waals surface area (Å²) in [5, 5.41) is 0. The van der Waals surface area contributed by atoms with Crippen LogP contribution in [-0.2, 0) is 16.6 Å². The number of ether oxygens (including phenoxy) is 3. The van der Waals surface area contributed by atoms with Gasteiger partial charge in [0.05, 0.1) is 25.9 Å². The number of pyridine rings is 1. The highest BCUT2D eigenvalue weighted by molar-refractivity contribution is 6.33. The van der Waals surface area contributed by atoms with E-state index in [1.54, 1.807) is 49.8 Å². The normalized spacial score (nSPS) is 19.3. The zero-order valence-electron chi connectivity index (χ0n) is 20.3. The van der Waals surface area contributed by atoms with Gasteiger partial charge in [-0.1, -0.05) is 6.07 Å². The van der Waals surface area contributed by atoms with Crippen LogP contribution in [0.2, 0.25) is 0 Å². The van der Waals surface area contributed by atoms with E-state index in [0.717, 1.165) is 31.2 Å². The molecule has 0 amide bonds. The predicted octanol–water partition coefficient (Wildman–Crippen LogP) is 4.76. The van der Waals surface area contributed by atoms with Crippen molar-refractivity contribution < 1.29 is 28.6 Å². The summed E-state index contributed by atoms with van der Waals surface area (Å²) in [6.45, 7) is 0. The number of Topliss-reactive ketones (excluding diaryl/α,β-unsaturated/α-hetero) is 2. The molecule has 1 unspecified atom stereocenters. The van der Waals surface area contributed by atoms with Crippen LogP contribution >= 0.6 is 0 Å². The maximum Gasteiger partial charge on any atom is 0.337 e. The van der Waals surface area contributed by atoms with Crippen LogP contribution in [-0.4, -0.2) is 42.8 Å². The number of hydrogen-bond acceptors (Lipinski definition) is 7. The van der Waals surface area contributed by atoms with Gasteiger partial charge in [0, 0.05) is 23.5 Å². The van der Waals surface area contributed by atoms with Gasteiger partial charge in [-0.3, -0.25) is 14.6 Å². The molecular weight excluding hydrogens is 458 g/mol. The smallest absolute Gasteiger partial charge is 0.337 e. The van der Waals surface area contributed by atoms with E-state index in [1.165, 1.54) is 25.3 Å². The second-order valence-corrected chi connectivity index (χ2v) is 9.24. The summed E-state index contributed by atoms with van der Waals surface area (Å²) in [4.78, 5) is 44.4. The van der Waals surface area contributed by atoms with Gasteiger partial charge in [0.25, 0.3) is 0 Å². The summed E-state index contributed by atoms with van der Waals surface area (Å²) in [5.41, 5.74) is 0.526. The van der Waals surface area contributed by atoms with E-state index in [1.807, 2.05) is 0 Å². The number of rotatable bonds is 7. The third kappa shape index (κ3) is 3.94. The molecule has 7 nitrogen and oxygen atoms in total. The topological polar surface area (TPSA) is 91.8 Å². The Morgan fingerprint density at radius 2 is 1.64 bits per heavy atom. The molecule has 3 aromatic rings. The fourth-order valence-corrected chi connectivity index (χ4v) is 5.29. The van der Waals surface area contributed by atoms with Gasteiger partial charge in [0.2, 0.25) is 0 Å². The molecule has 2 aliphatic carbocycles. The van der Waals surface area contributed by atoms with Crippen molar-refractivity contribution in [2.75, 3.05) is 14.2 Å². The third-order valence-corrected chi connectivity index (χ3v) is 7.18. The van der Waals surface area contributed by atoms with E-state index in [2.05, 4.69) is 4.98 Å². The molecule has 2 aromatic carbocycles. The average Bonchev–Trinajstić information content (AvgIpc) is 3.50. The van der Waals surface area contributed by atoms with Crippen LogP contribution in [0.25, 0.3) is 0 Å². The first-order chi connectivity index (χ1) is 17.5. The van der Waals surface area contributed by atoms with Crippen molar-refractivity contribution in [3.05, 3.63) is 88.7 Å². The molecule has 0 bridgehead atoms. The third-order valence-electron chi connectivity index (χ3n) is 7.18. The van der Waals surface area contributed by atoms with E-state index in [4.69, 9.17) is 14.2 Å². The van der Waals surface area contributed by atoms with Gasteiger partial charge < -0.3 is 14.2 Å². The molecule has 0 N–H and O–H groups in total. The van der Waals surface area contributed by atoms with E-state index >= 15 is 0 Å². The van der Waals surface area contributed by atoms with Crippen molar-refractivity contribution in [1.29, 1.82) is 0 Å². The van der Waals surface area contributed by atoms with Crippen molar-refractivity contribution in [3.8, 4) is 11.5 Å². The molecule has 0 saturated heterocycles. The molecule has 2 aliphatic rings. The van der Waals surface area contributed by atoms with Crippen molar-refractivity contribution in [2.45, 2.75) is 43.6 Å². The Balaban J connectivity index is 1.65. The van der Waals surface area contributed by atoms with E-state index in [0.29, 0.717) is 17.1 Å². The Hall–Kier alpha value is -4.00. The van der Waals surface area contributed by atoms with E-state index in [9.17, 15) is 14.4 Å². The molecule has 36 heavy (non-hydrogen) atoms.